The Morgan fingerprint density at radius 3 is 2.55 bits per heavy atom. The molecule has 0 fully saturated rings. The zero-order valence-electron chi connectivity index (χ0n) is 11.3. The number of hydrogen-bond donors (Lipinski definition) is 1. The molecular weight excluding hydrogens is 256 g/mol. The third-order valence-electron chi connectivity index (χ3n) is 2.75. The van der Waals surface area contributed by atoms with E-state index in [1.54, 1.807) is 24.3 Å². The minimum Gasteiger partial charge on any atom is -0.475 e. The molecular formula is C15H14N2O3. The molecule has 5 heteroatoms. The third kappa shape index (κ3) is 2.86. The largest absolute Gasteiger partial charge is 0.475 e. The molecule has 1 aromatic heterocycles. The van der Waals surface area contributed by atoms with Crippen LogP contribution in [0.2, 0.25) is 0 Å². The van der Waals surface area contributed by atoms with Gasteiger partial charge in [0.25, 0.3) is 0 Å². The van der Waals surface area contributed by atoms with Crippen LogP contribution in [0.3, 0.4) is 0 Å². The first kappa shape index (κ1) is 13.8. The fraction of sp³-hybridized carbons (Fsp3) is 0.267. The van der Waals surface area contributed by atoms with Crippen molar-refractivity contribution in [2.24, 2.45) is 5.92 Å². The summed E-state index contributed by atoms with van der Waals surface area (Å²) in [7, 11) is 0. The maximum Gasteiger partial charge on any atom is 0.373 e. The number of nitriles is 1. The number of carboxylic acid groups (broad SMARTS) is 1. The molecule has 20 heavy (non-hydrogen) atoms. The van der Waals surface area contributed by atoms with E-state index >= 15 is 0 Å². The van der Waals surface area contributed by atoms with E-state index in [0.717, 1.165) is 0 Å². The fourth-order valence-corrected chi connectivity index (χ4v) is 1.85. The SMILES string of the molecule is CC(C)Cc1nc(-c2ccc(C#N)cc2)oc1C(=O)O. The van der Waals surface area contributed by atoms with Crippen molar-refractivity contribution in [2.75, 3.05) is 0 Å². The molecule has 0 saturated carbocycles. The highest BCUT2D eigenvalue weighted by atomic mass is 16.4. The predicted molar refractivity (Wildman–Crippen MR) is 72.2 cm³/mol. The molecule has 1 aromatic carbocycles. The molecule has 2 rings (SSSR count). The van der Waals surface area contributed by atoms with Gasteiger partial charge in [-0.2, -0.15) is 5.26 Å². The van der Waals surface area contributed by atoms with Gasteiger partial charge in [0, 0.05) is 5.56 Å². The van der Waals surface area contributed by atoms with Crippen LogP contribution in [0.25, 0.3) is 11.5 Å². The summed E-state index contributed by atoms with van der Waals surface area (Å²) < 4.78 is 5.34. The van der Waals surface area contributed by atoms with Gasteiger partial charge >= 0.3 is 5.97 Å². The predicted octanol–water partition coefficient (Wildman–Crippen LogP) is 3.11. The lowest BCUT2D eigenvalue weighted by molar-refractivity contribution is 0.0661. The third-order valence-corrected chi connectivity index (χ3v) is 2.75. The monoisotopic (exact) mass is 270 g/mol. The van der Waals surface area contributed by atoms with E-state index in [9.17, 15) is 4.79 Å². The molecule has 102 valence electrons. The van der Waals surface area contributed by atoms with Gasteiger partial charge in [0.05, 0.1) is 17.3 Å². The minimum atomic E-state index is -1.12. The van der Waals surface area contributed by atoms with Crippen LogP contribution in [0.5, 0.6) is 0 Å². The number of aromatic nitrogens is 1. The number of carboxylic acids is 1. The normalized spacial score (nSPS) is 10.5. The maximum atomic E-state index is 11.2. The number of benzene rings is 1. The highest BCUT2D eigenvalue weighted by Gasteiger charge is 2.20. The molecule has 1 N–H and O–H groups in total. The van der Waals surface area contributed by atoms with Crippen LogP contribution < -0.4 is 0 Å². The Hall–Kier alpha value is -2.61. The summed E-state index contributed by atoms with van der Waals surface area (Å²) in [5, 5.41) is 17.9. The zero-order valence-corrected chi connectivity index (χ0v) is 11.3. The molecule has 0 saturated heterocycles. The van der Waals surface area contributed by atoms with Crippen LogP contribution in [0.4, 0.5) is 0 Å². The summed E-state index contributed by atoms with van der Waals surface area (Å²) in [5.74, 6) is -0.680. The topological polar surface area (TPSA) is 87.1 Å². The first-order chi connectivity index (χ1) is 9.51. The van der Waals surface area contributed by atoms with E-state index in [4.69, 9.17) is 14.8 Å². The van der Waals surface area contributed by atoms with E-state index in [1.165, 1.54) is 0 Å². The minimum absolute atomic E-state index is 0.113. The maximum absolute atomic E-state index is 11.2. The van der Waals surface area contributed by atoms with Crippen molar-refractivity contribution < 1.29 is 14.3 Å². The van der Waals surface area contributed by atoms with Crippen molar-refractivity contribution in [2.45, 2.75) is 20.3 Å². The van der Waals surface area contributed by atoms with Crippen molar-refractivity contribution in [3.63, 3.8) is 0 Å². The lowest BCUT2D eigenvalue weighted by Crippen LogP contribution is -2.03. The summed E-state index contributed by atoms with van der Waals surface area (Å²) in [6.07, 6.45) is 0.543. The molecule has 0 amide bonds. The van der Waals surface area contributed by atoms with E-state index in [1.807, 2.05) is 19.9 Å². The molecule has 1 heterocycles. The Morgan fingerprint density at radius 1 is 1.40 bits per heavy atom. The molecule has 0 aliphatic heterocycles. The van der Waals surface area contributed by atoms with Crippen LogP contribution in [0.1, 0.15) is 35.7 Å². The van der Waals surface area contributed by atoms with Crippen molar-refractivity contribution >= 4 is 5.97 Å². The van der Waals surface area contributed by atoms with Crippen molar-refractivity contribution in [3.8, 4) is 17.5 Å². The van der Waals surface area contributed by atoms with Crippen LogP contribution in [0.15, 0.2) is 28.7 Å². The molecule has 0 atom stereocenters. The summed E-state index contributed by atoms with van der Waals surface area (Å²) in [6.45, 7) is 3.98. The molecule has 2 aromatic rings. The van der Waals surface area contributed by atoms with E-state index in [0.29, 0.717) is 23.2 Å². The second kappa shape index (κ2) is 5.57. The van der Waals surface area contributed by atoms with E-state index < -0.39 is 5.97 Å². The number of carbonyl (C=O) groups is 1. The Bertz CT molecular complexity index is 663. The first-order valence-corrected chi connectivity index (χ1v) is 6.24. The Morgan fingerprint density at radius 2 is 2.05 bits per heavy atom. The highest BCUT2D eigenvalue weighted by Crippen LogP contribution is 2.24. The van der Waals surface area contributed by atoms with Gasteiger partial charge in [-0.1, -0.05) is 13.8 Å². The van der Waals surface area contributed by atoms with Gasteiger partial charge in [0.15, 0.2) is 0 Å². The summed E-state index contributed by atoms with van der Waals surface area (Å²) >= 11 is 0. The second-order valence-corrected chi connectivity index (χ2v) is 4.89. The fourth-order valence-electron chi connectivity index (χ4n) is 1.85. The lowest BCUT2D eigenvalue weighted by atomic mass is 10.1. The van der Waals surface area contributed by atoms with E-state index in [-0.39, 0.29) is 17.6 Å². The van der Waals surface area contributed by atoms with Gasteiger partial charge in [0.1, 0.15) is 0 Å². The lowest BCUT2D eigenvalue weighted by Gasteiger charge is -2.00. The highest BCUT2D eigenvalue weighted by molar-refractivity contribution is 5.86. The Kier molecular flexibility index (Phi) is 3.85. The van der Waals surface area contributed by atoms with Crippen molar-refractivity contribution in [3.05, 3.63) is 41.3 Å². The molecule has 0 spiro atoms. The quantitative estimate of drug-likeness (QED) is 0.922. The standard InChI is InChI=1S/C15H14N2O3/c1-9(2)7-12-13(15(18)19)20-14(17-12)11-5-3-10(8-16)4-6-11/h3-6,9H,7H2,1-2H3,(H,18,19). The van der Waals surface area contributed by atoms with Gasteiger partial charge in [-0.3, -0.25) is 0 Å². The van der Waals surface area contributed by atoms with Gasteiger partial charge in [0.2, 0.25) is 11.7 Å². The number of hydrogen-bond acceptors (Lipinski definition) is 4. The Balaban J connectivity index is 2.41. The van der Waals surface area contributed by atoms with Crippen LogP contribution >= 0.6 is 0 Å². The molecule has 0 aliphatic carbocycles. The molecule has 0 aliphatic rings. The van der Waals surface area contributed by atoms with Crippen molar-refractivity contribution in [1.29, 1.82) is 5.26 Å². The second-order valence-electron chi connectivity index (χ2n) is 4.89. The van der Waals surface area contributed by atoms with Gasteiger partial charge in [-0.15, -0.1) is 0 Å². The molecule has 5 nitrogen and oxygen atoms in total. The van der Waals surface area contributed by atoms with Gasteiger partial charge < -0.3 is 9.52 Å². The average Bonchev–Trinajstić information content (AvgIpc) is 2.82. The number of rotatable bonds is 4. The summed E-state index contributed by atoms with van der Waals surface area (Å²) in [6, 6.07) is 8.68. The smallest absolute Gasteiger partial charge is 0.373 e. The van der Waals surface area contributed by atoms with Gasteiger partial charge in [-0.25, -0.2) is 9.78 Å². The number of aromatic carboxylic acids is 1. The molecule has 0 radical (unpaired) electrons. The number of nitrogens with zero attached hydrogens (tertiary/aromatic N) is 2. The average molecular weight is 270 g/mol. The molecule has 0 unspecified atom stereocenters. The van der Waals surface area contributed by atoms with Gasteiger partial charge in [-0.05, 0) is 36.6 Å². The van der Waals surface area contributed by atoms with Crippen molar-refractivity contribution in [1.82, 2.24) is 4.98 Å². The Labute approximate surface area is 116 Å². The van der Waals surface area contributed by atoms with Crippen LogP contribution in [0, 0.1) is 17.2 Å². The first-order valence-electron chi connectivity index (χ1n) is 6.24. The van der Waals surface area contributed by atoms with Crippen LogP contribution in [-0.4, -0.2) is 16.1 Å². The summed E-state index contributed by atoms with van der Waals surface area (Å²) in [5.41, 5.74) is 1.63. The summed E-state index contributed by atoms with van der Waals surface area (Å²) in [4.78, 5) is 15.4. The molecule has 0 bridgehead atoms. The zero-order chi connectivity index (χ0) is 14.7. The van der Waals surface area contributed by atoms with E-state index in [2.05, 4.69) is 4.98 Å². The number of oxazole rings is 1. The van der Waals surface area contributed by atoms with Crippen LogP contribution in [-0.2, 0) is 6.42 Å².